The summed E-state index contributed by atoms with van der Waals surface area (Å²) in [6.45, 7) is 5.76. The van der Waals surface area contributed by atoms with Gasteiger partial charge in [0.05, 0.1) is 5.92 Å². The first-order chi connectivity index (χ1) is 10.3. The molecule has 1 atom stereocenters. The van der Waals surface area contributed by atoms with E-state index in [2.05, 4.69) is 34.6 Å². The van der Waals surface area contributed by atoms with Gasteiger partial charge >= 0.3 is 0 Å². The van der Waals surface area contributed by atoms with E-state index in [1.165, 1.54) is 24.1 Å². The fourth-order valence-corrected chi connectivity index (χ4v) is 3.13. The molecule has 2 aliphatic rings. The molecule has 21 heavy (non-hydrogen) atoms. The molecule has 1 aliphatic carbocycles. The van der Waals surface area contributed by atoms with Crippen molar-refractivity contribution in [1.82, 2.24) is 10.2 Å². The molecule has 1 aromatic carbocycles. The first-order valence-electron chi connectivity index (χ1n) is 8.11. The van der Waals surface area contributed by atoms with Gasteiger partial charge in [0.1, 0.15) is 0 Å². The Morgan fingerprint density at radius 3 is 2.95 bits per heavy atom. The van der Waals surface area contributed by atoms with E-state index in [1.54, 1.807) is 0 Å². The quantitative estimate of drug-likeness (QED) is 0.839. The lowest BCUT2D eigenvalue weighted by Crippen LogP contribution is -2.42. The summed E-state index contributed by atoms with van der Waals surface area (Å²) in [6.07, 6.45) is 3.49. The highest BCUT2D eigenvalue weighted by Gasteiger charge is 2.28. The zero-order valence-electron chi connectivity index (χ0n) is 12.8. The highest BCUT2D eigenvalue weighted by molar-refractivity contribution is 5.80. The molecular formula is C17H25N3O. The Morgan fingerprint density at radius 2 is 2.19 bits per heavy atom. The number of nitrogens with one attached hydrogen (secondary N) is 2. The van der Waals surface area contributed by atoms with Crippen LogP contribution in [0.5, 0.6) is 0 Å². The van der Waals surface area contributed by atoms with Gasteiger partial charge in [-0.3, -0.25) is 9.69 Å². The predicted octanol–water partition coefficient (Wildman–Crippen LogP) is 1.87. The summed E-state index contributed by atoms with van der Waals surface area (Å²) >= 11 is 0. The lowest BCUT2D eigenvalue weighted by Gasteiger charge is -2.26. The van der Waals surface area contributed by atoms with Crippen LogP contribution >= 0.6 is 0 Å². The van der Waals surface area contributed by atoms with Gasteiger partial charge in [0.25, 0.3) is 0 Å². The first kappa shape index (κ1) is 14.4. The summed E-state index contributed by atoms with van der Waals surface area (Å²) in [7, 11) is 0. The Labute approximate surface area is 126 Å². The maximum atomic E-state index is 12.3. The van der Waals surface area contributed by atoms with Gasteiger partial charge in [0.2, 0.25) is 5.91 Å². The molecule has 1 saturated carbocycles. The molecule has 0 aromatic heterocycles. The Morgan fingerprint density at radius 1 is 1.38 bits per heavy atom. The molecule has 114 valence electrons. The fraction of sp³-hybridized carbons (Fsp3) is 0.588. The molecule has 1 aromatic rings. The van der Waals surface area contributed by atoms with Gasteiger partial charge in [0, 0.05) is 31.4 Å². The highest BCUT2D eigenvalue weighted by Crippen LogP contribution is 2.26. The molecule has 1 amide bonds. The van der Waals surface area contributed by atoms with Crippen molar-refractivity contribution < 1.29 is 4.79 Å². The minimum atomic E-state index is 0.0518. The number of hydrogen-bond donors (Lipinski definition) is 2. The highest BCUT2D eigenvalue weighted by atomic mass is 16.1. The van der Waals surface area contributed by atoms with Crippen LogP contribution in [0.25, 0.3) is 0 Å². The third-order valence-corrected chi connectivity index (χ3v) is 4.56. The van der Waals surface area contributed by atoms with Gasteiger partial charge in [-0.2, -0.15) is 0 Å². The zero-order chi connectivity index (χ0) is 14.7. The van der Waals surface area contributed by atoms with E-state index in [1.807, 2.05) is 12.1 Å². The van der Waals surface area contributed by atoms with Crippen LogP contribution in [0, 0.1) is 5.92 Å². The van der Waals surface area contributed by atoms with Crippen molar-refractivity contribution in [1.29, 1.82) is 0 Å². The number of benzene rings is 1. The second kappa shape index (κ2) is 6.48. The van der Waals surface area contributed by atoms with E-state index >= 15 is 0 Å². The average Bonchev–Trinajstić information content (AvgIpc) is 3.35. The molecule has 0 radical (unpaired) electrons. The molecule has 4 nitrogen and oxygen atoms in total. The van der Waals surface area contributed by atoms with Gasteiger partial charge in [-0.15, -0.1) is 0 Å². The number of amides is 1. The summed E-state index contributed by atoms with van der Waals surface area (Å²) in [5.41, 5.74) is 2.42. The monoisotopic (exact) mass is 287 g/mol. The van der Waals surface area contributed by atoms with Crippen molar-refractivity contribution in [2.75, 3.05) is 31.5 Å². The number of carbonyl (C=O) groups is 1. The summed E-state index contributed by atoms with van der Waals surface area (Å²) in [4.78, 5) is 14.8. The van der Waals surface area contributed by atoms with E-state index in [9.17, 15) is 4.79 Å². The smallest absolute Gasteiger partial charge is 0.225 e. The number of anilines is 1. The number of nitrogens with zero attached hydrogens (tertiary/aromatic N) is 1. The number of fused-ring (bicyclic) bond motifs is 1. The van der Waals surface area contributed by atoms with Crippen LogP contribution in [0.15, 0.2) is 24.3 Å². The maximum Gasteiger partial charge on any atom is 0.225 e. The lowest BCUT2D eigenvalue weighted by molar-refractivity contribution is -0.124. The van der Waals surface area contributed by atoms with Crippen LogP contribution in [0.4, 0.5) is 5.69 Å². The summed E-state index contributed by atoms with van der Waals surface area (Å²) < 4.78 is 0. The van der Waals surface area contributed by atoms with Crippen molar-refractivity contribution in [2.45, 2.75) is 32.2 Å². The molecular weight excluding hydrogens is 262 g/mol. The molecule has 4 heteroatoms. The number of likely N-dealkylation sites (N-methyl/N-ethyl adjacent to an activating group) is 1. The van der Waals surface area contributed by atoms with Crippen LogP contribution in [0.1, 0.15) is 25.3 Å². The minimum Gasteiger partial charge on any atom is -0.384 e. The van der Waals surface area contributed by atoms with Crippen molar-refractivity contribution in [2.24, 2.45) is 5.92 Å². The number of rotatable bonds is 6. The third-order valence-electron chi connectivity index (χ3n) is 4.56. The van der Waals surface area contributed by atoms with Crippen LogP contribution in [-0.2, 0) is 11.2 Å². The topological polar surface area (TPSA) is 44.4 Å². The number of carbonyl (C=O) groups excluding carboxylic acids is 1. The van der Waals surface area contributed by atoms with E-state index in [4.69, 9.17) is 0 Å². The Balaban J connectivity index is 1.46. The lowest BCUT2D eigenvalue weighted by atomic mass is 9.93. The fourth-order valence-electron chi connectivity index (χ4n) is 3.13. The largest absolute Gasteiger partial charge is 0.384 e. The second-order valence-electron chi connectivity index (χ2n) is 6.09. The van der Waals surface area contributed by atoms with Crippen molar-refractivity contribution in [3.05, 3.63) is 29.8 Å². The molecule has 1 unspecified atom stereocenters. The van der Waals surface area contributed by atoms with Crippen LogP contribution in [0.3, 0.4) is 0 Å². The van der Waals surface area contributed by atoms with Crippen molar-refractivity contribution in [3.8, 4) is 0 Å². The SMILES string of the molecule is CCN(CCNC(=O)C1CNc2ccccc2C1)C1CC1. The van der Waals surface area contributed by atoms with Gasteiger partial charge in [-0.25, -0.2) is 0 Å². The van der Waals surface area contributed by atoms with Crippen LogP contribution in [0.2, 0.25) is 0 Å². The second-order valence-corrected chi connectivity index (χ2v) is 6.09. The molecule has 1 aliphatic heterocycles. The zero-order valence-corrected chi connectivity index (χ0v) is 12.8. The summed E-state index contributed by atoms with van der Waals surface area (Å²) in [5, 5.41) is 6.47. The maximum absolute atomic E-state index is 12.3. The van der Waals surface area contributed by atoms with E-state index < -0.39 is 0 Å². The predicted molar refractivity (Wildman–Crippen MR) is 85.4 cm³/mol. The molecule has 1 fully saturated rings. The molecule has 1 heterocycles. The third kappa shape index (κ3) is 3.56. The normalized spacial score (nSPS) is 20.8. The van der Waals surface area contributed by atoms with Gasteiger partial charge in [0.15, 0.2) is 0 Å². The molecule has 3 rings (SSSR count). The van der Waals surface area contributed by atoms with E-state index in [-0.39, 0.29) is 11.8 Å². The van der Waals surface area contributed by atoms with Crippen molar-refractivity contribution >= 4 is 11.6 Å². The van der Waals surface area contributed by atoms with Crippen LogP contribution in [-0.4, -0.2) is 43.0 Å². The number of hydrogen-bond acceptors (Lipinski definition) is 3. The van der Waals surface area contributed by atoms with Crippen LogP contribution < -0.4 is 10.6 Å². The molecule has 0 saturated heterocycles. The Hall–Kier alpha value is -1.55. The Bertz CT molecular complexity index is 499. The summed E-state index contributed by atoms with van der Waals surface area (Å²) in [6, 6.07) is 9.03. The molecule has 0 spiro atoms. The van der Waals surface area contributed by atoms with Crippen molar-refractivity contribution in [3.63, 3.8) is 0 Å². The first-order valence-corrected chi connectivity index (χ1v) is 8.11. The van der Waals surface area contributed by atoms with E-state index in [0.29, 0.717) is 0 Å². The van der Waals surface area contributed by atoms with Gasteiger partial charge in [-0.05, 0) is 37.4 Å². The van der Waals surface area contributed by atoms with E-state index in [0.717, 1.165) is 38.6 Å². The average molecular weight is 287 g/mol. The van der Waals surface area contributed by atoms with Gasteiger partial charge < -0.3 is 10.6 Å². The van der Waals surface area contributed by atoms with Gasteiger partial charge in [-0.1, -0.05) is 25.1 Å². The summed E-state index contributed by atoms with van der Waals surface area (Å²) in [5.74, 6) is 0.236. The molecule has 2 N–H and O–H groups in total. The Kier molecular flexibility index (Phi) is 4.44. The standard InChI is InChI=1S/C17H25N3O/c1-2-20(15-7-8-15)10-9-18-17(21)14-11-13-5-3-4-6-16(13)19-12-14/h3-6,14-15,19H,2,7-12H2,1H3,(H,18,21). The minimum absolute atomic E-state index is 0.0518. The molecule has 0 bridgehead atoms. The number of para-hydroxylation sites is 1.